The van der Waals surface area contributed by atoms with Gasteiger partial charge in [-0.25, -0.2) is 4.98 Å². The number of amides is 1. The Morgan fingerprint density at radius 3 is 2.69 bits per heavy atom. The lowest BCUT2D eigenvalue weighted by Gasteiger charge is -2.34. The molecule has 4 aromatic rings. The Morgan fingerprint density at radius 1 is 1.11 bits per heavy atom. The van der Waals surface area contributed by atoms with Gasteiger partial charge in [0.25, 0.3) is 0 Å². The number of nitrogens with one attached hydrogen (secondary N) is 1. The Bertz CT molecular complexity index is 1300. The maximum absolute atomic E-state index is 13.1. The normalized spacial score (nSPS) is 15.7. The van der Waals surface area contributed by atoms with E-state index in [9.17, 15) is 4.79 Å². The number of rotatable bonds is 8. The maximum Gasteiger partial charge on any atom is 0.229 e. The molecule has 1 fully saturated rings. The molecule has 0 spiro atoms. The summed E-state index contributed by atoms with van der Waals surface area (Å²) in [7, 11) is 0. The molecule has 1 aliphatic heterocycles. The number of piperidine rings is 1. The molecule has 0 aliphatic carbocycles. The summed E-state index contributed by atoms with van der Waals surface area (Å²) in [6.45, 7) is 7.52. The summed E-state index contributed by atoms with van der Waals surface area (Å²) in [6, 6.07) is 14.0. The van der Waals surface area contributed by atoms with Crippen molar-refractivity contribution in [3.63, 3.8) is 0 Å². The van der Waals surface area contributed by atoms with Gasteiger partial charge in [-0.1, -0.05) is 24.3 Å². The van der Waals surface area contributed by atoms with E-state index in [0.717, 1.165) is 49.4 Å². The molecule has 4 heterocycles. The predicted molar refractivity (Wildman–Crippen MR) is 141 cm³/mol. The first kappa shape index (κ1) is 23.7. The van der Waals surface area contributed by atoms with Crippen molar-refractivity contribution in [3.8, 4) is 5.69 Å². The number of anilines is 2. The quantitative estimate of drug-likeness (QED) is 0.405. The largest absolute Gasteiger partial charge is 0.364 e. The van der Waals surface area contributed by atoms with Crippen LogP contribution in [0.1, 0.15) is 32.3 Å². The first-order chi connectivity index (χ1) is 17.7. The van der Waals surface area contributed by atoms with E-state index in [-0.39, 0.29) is 11.8 Å². The fourth-order valence-corrected chi connectivity index (χ4v) is 4.77. The molecule has 1 aromatic carbocycles. The number of hydrogen-bond donors (Lipinski definition) is 1. The van der Waals surface area contributed by atoms with Crippen LogP contribution in [0, 0.1) is 5.92 Å². The molecule has 36 heavy (non-hydrogen) atoms. The van der Waals surface area contributed by atoms with Gasteiger partial charge in [-0.05, 0) is 50.5 Å². The molecule has 1 amide bonds. The highest BCUT2D eigenvalue weighted by molar-refractivity contribution is 5.86. The molecular formula is C27H32N8O. The molecule has 0 bridgehead atoms. The molecule has 9 nitrogen and oxygen atoms in total. The average molecular weight is 485 g/mol. The monoisotopic (exact) mass is 484 g/mol. The second kappa shape index (κ2) is 10.7. The second-order valence-corrected chi connectivity index (χ2v) is 9.01. The molecule has 1 saturated heterocycles. The number of aromatic nitrogens is 5. The highest BCUT2D eigenvalue weighted by Crippen LogP contribution is 2.28. The predicted octanol–water partition coefficient (Wildman–Crippen LogP) is 3.91. The third-order valence-corrected chi connectivity index (χ3v) is 6.73. The first-order valence-electron chi connectivity index (χ1n) is 12.6. The van der Waals surface area contributed by atoms with E-state index in [4.69, 9.17) is 9.97 Å². The first-order valence-corrected chi connectivity index (χ1v) is 12.6. The van der Waals surface area contributed by atoms with Crippen molar-refractivity contribution in [2.45, 2.75) is 33.2 Å². The van der Waals surface area contributed by atoms with Crippen molar-refractivity contribution in [2.75, 3.05) is 36.4 Å². The Hall–Kier alpha value is -4.01. The van der Waals surface area contributed by atoms with Crippen LogP contribution in [-0.4, -0.2) is 61.5 Å². The lowest BCUT2D eigenvalue weighted by atomic mass is 9.96. The molecule has 186 valence electrons. The number of hydrogen-bond acceptors (Lipinski definition) is 7. The van der Waals surface area contributed by atoms with E-state index in [1.807, 2.05) is 72.0 Å². The van der Waals surface area contributed by atoms with Crippen molar-refractivity contribution >= 4 is 28.8 Å². The number of carbonyl (C=O) groups is 1. The molecule has 3 aromatic heterocycles. The van der Waals surface area contributed by atoms with E-state index < -0.39 is 0 Å². The van der Waals surface area contributed by atoms with Gasteiger partial charge >= 0.3 is 0 Å². The van der Waals surface area contributed by atoms with Crippen LogP contribution in [0.25, 0.3) is 16.9 Å². The van der Waals surface area contributed by atoms with Crippen molar-refractivity contribution in [1.82, 2.24) is 29.4 Å². The molecule has 9 heteroatoms. The number of para-hydroxylation sites is 1. The SMILES string of the molecule is CCN(CC)C(=O)C1CCCN(c2nc(NCc3cccnc3)c3ncn(-c4ccccc4)c3n2)C1. The lowest BCUT2D eigenvalue weighted by molar-refractivity contribution is -0.135. The molecule has 5 rings (SSSR count). The molecule has 0 radical (unpaired) electrons. The number of pyridine rings is 1. The Kier molecular flexibility index (Phi) is 7.06. The van der Waals surface area contributed by atoms with Crippen LogP contribution in [0.15, 0.2) is 61.2 Å². The number of nitrogens with zero attached hydrogens (tertiary/aromatic N) is 7. The highest BCUT2D eigenvalue weighted by atomic mass is 16.2. The Labute approximate surface area is 211 Å². The van der Waals surface area contributed by atoms with Crippen molar-refractivity contribution in [1.29, 1.82) is 0 Å². The van der Waals surface area contributed by atoms with Crippen LogP contribution in [0.2, 0.25) is 0 Å². The van der Waals surface area contributed by atoms with Gasteiger partial charge in [-0.2, -0.15) is 9.97 Å². The van der Waals surface area contributed by atoms with Gasteiger partial charge < -0.3 is 15.1 Å². The molecule has 1 unspecified atom stereocenters. The second-order valence-electron chi connectivity index (χ2n) is 9.01. The van der Waals surface area contributed by atoms with E-state index in [1.54, 1.807) is 12.5 Å². The molecule has 1 aliphatic rings. The van der Waals surface area contributed by atoms with E-state index >= 15 is 0 Å². The summed E-state index contributed by atoms with van der Waals surface area (Å²) in [5, 5.41) is 3.45. The van der Waals surface area contributed by atoms with Crippen LogP contribution in [0.4, 0.5) is 11.8 Å². The fraction of sp³-hybridized carbons (Fsp3) is 0.370. The standard InChI is InChI=1S/C27H32N8O/c1-3-33(4-2)26(36)21-11-9-15-34(18-21)27-31-24(29-17-20-10-8-14-28-16-20)23-25(32-27)35(19-30-23)22-12-6-5-7-13-22/h5-8,10,12-14,16,19,21H,3-4,9,11,15,17-18H2,1-2H3,(H,29,31,32). The average Bonchev–Trinajstić information content (AvgIpc) is 3.38. The molecule has 1 N–H and O–H groups in total. The Morgan fingerprint density at radius 2 is 1.94 bits per heavy atom. The zero-order valence-electron chi connectivity index (χ0n) is 20.8. The van der Waals surface area contributed by atoms with Crippen LogP contribution in [0.3, 0.4) is 0 Å². The van der Waals surface area contributed by atoms with Crippen LogP contribution < -0.4 is 10.2 Å². The fourth-order valence-electron chi connectivity index (χ4n) is 4.77. The smallest absolute Gasteiger partial charge is 0.229 e. The zero-order valence-corrected chi connectivity index (χ0v) is 20.8. The van der Waals surface area contributed by atoms with Gasteiger partial charge in [0, 0.05) is 50.8 Å². The molecule has 0 saturated carbocycles. The van der Waals surface area contributed by atoms with Crippen LogP contribution in [-0.2, 0) is 11.3 Å². The Balaban J connectivity index is 1.51. The van der Waals surface area contributed by atoms with E-state index in [2.05, 4.69) is 20.2 Å². The minimum absolute atomic E-state index is 0.0521. The van der Waals surface area contributed by atoms with Crippen LogP contribution in [0.5, 0.6) is 0 Å². The van der Waals surface area contributed by atoms with Gasteiger partial charge in [0.1, 0.15) is 6.33 Å². The van der Waals surface area contributed by atoms with Gasteiger partial charge in [0.15, 0.2) is 17.0 Å². The van der Waals surface area contributed by atoms with Crippen molar-refractivity contribution in [3.05, 3.63) is 66.7 Å². The number of carbonyl (C=O) groups excluding carboxylic acids is 1. The topological polar surface area (TPSA) is 92.1 Å². The summed E-state index contributed by atoms with van der Waals surface area (Å²) in [4.78, 5) is 35.9. The van der Waals surface area contributed by atoms with Gasteiger partial charge in [-0.15, -0.1) is 0 Å². The third-order valence-electron chi connectivity index (χ3n) is 6.73. The summed E-state index contributed by atoms with van der Waals surface area (Å²) < 4.78 is 1.98. The van der Waals surface area contributed by atoms with Crippen molar-refractivity contribution in [2.24, 2.45) is 5.92 Å². The summed E-state index contributed by atoms with van der Waals surface area (Å²) in [6.07, 6.45) is 7.20. The lowest BCUT2D eigenvalue weighted by Crippen LogP contribution is -2.45. The third kappa shape index (κ3) is 4.86. The van der Waals surface area contributed by atoms with Gasteiger partial charge in [-0.3, -0.25) is 14.3 Å². The summed E-state index contributed by atoms with van der Waals surface area (Å²) in [5.74, 6) is 1.45. The minimum Gasteiger partial charge on any atom is -0.364 e. The van der Waals surface area contributed by atoms with Crippen molar-refractivity contribution < 1.29 is 4.79 Å². The van der Waals surface area contributed by atoms with Gasteiger partial charge in [0.05, 0.1) is 5.92 Å². The van der Waals surface area contributed by atoms with E-state index in [1.165, 1.54) is 0 Å². The maximum atomic E-state index is 13.1. The highest BCUT2D eigenvalue weighted by Gasteiger charge is 2.30. The number of imidazole rings is 1. The van der Waals surface area contributed by atoms with Gasteiger partial charge in [0.2, 0.25) is 11.9 Å². The summed E-state index contributed by atoms with van der Waals surface area (Å²) in [5.41, 5.74) is 3.48. The zero-order chi connectivity index (χ0) is 24.9. The molecular weight excluding hydrogens is 452 g/mol. The molecule has 1 atom stereocenters. The number of benzene rings is 1. The van der Waals surface area contributed by atoms with Crippen LogP contribution >= 0.6 is 0 Å². The number of fused-ring (bicyclic) bond motifs is 1. The summed E-state index contributed by atoms with van der Waals surface area (Å²) >= 11 is 0. The van der Waals surface area contributed by atoms with E-state index in [0.29, 0.717) is 30.4 Å². The minimum atomic E-state index is -0.0521.